The molecule has 150 valence electrons. The zero-order valence-corrected chi connectivity index (χ0v) is 14.9. The molecule has 0 unspecified atom stereocenters. The van der Waals surface area contributed by atoms with Crippen molar-refractivity contribution >= 4 is 15.8 Å². The first-order chi connectivity index (χ1) is 13.0. The summed E-state index contributed by atoms with van der Waals surface area (Å²) in [5, 5.41) is 0. The third kappa shape index (κ3) is 3.27. The first kappa shape index (κ1) is 18.9. The predicted molar refractivity (Wildman–Crippen MR) is 87.6 cm³/mol. The van der Waals surface area contributed by atoms with E-state index in [2.05, 4.69) is 4.98 Å². The number of nitrogens with zero attached hydrogens (tertiary/aromatic N) is 2. The van der Waals surface area contributed by atoms with Gasteiger partial charge in [0.1, 0.15) is 11.9 Å². The Bertz CT molecular complexity index is 1030. The van der Waals surface area contributed by atoms with Gasteiger partial charge in [-0.15, -0.1) is 0 Å². The van der Waals surface area contributed by atoms with Crippen LogP contribution in [0.1, 0.15) is 24.0 Å². The number of rotatable bonds is 3. The minimum Gasteiger partial charge on any atom is -0.474 e. The van der Waals surface area contributed by atoms with Crippen molar-refractivity contribution in [3.05, 3.63) is 47.5 Å². The maximum Gasteiger partial charge on any atom is 0.416 e. The summed E-state index contributed by atoms with van der Waals surface area (Å²) in [7, 11) is -4.09. The van der Waals surface area contributed by atoms with Crippen molar-refractivity contribution < 1.29 is 35.1 Å². The van der Waals surface area contributed by atoms with Gasteiger partial charge < -0.3 is 4.74 Å². The Balaban J connectivity index is 1.72. The SMILES string of the molecule is O=S1(=O)c2ccccc2CN1c1cc(C(F)(F)F)cc(OC2CC(F)(F)C2)n1. The Morgan fingerprint density at radius 1 is 1.14 bits per heavy atom. The Morgan fingerprint density at radius 3 is 2.43 bits per heavy atom. The molecule has 28 heavy (non-hydrogen) atoms. The molecule has 11 heteroatoms. The summed E-state index contributed by atoms with van der Waals surface area (Å²) < 4.78 is 97.1. The molecule has 1 aromatic carbocycles. The van der Waals surface area contributed by atoms with E-state index in [0.717, 1.165) is 4.31 Å². The molecule has 0 atom stereocenters. The number of benzene rings is 1. The summed E-state index contributed by atoms with van der Waals surface area (Å²) in [5.41, 5.74) is -0.757. The van der Waals surface area contributed by atoms with Gasteiger partial charge in [0.15, 0.2) is 0 Å². The summed E-state index contributed by atoms with van der Waals surface area (Å²) in [4.78, 5) is 3.84. The van der Waals surface area contributed by atoms with Crippen molar-refractivity contribution in [1.29, 1.82) is 0 Å². The fourth-order valence-corrected chi connectivity index (χ4v) is 4.75. The lowest BCUT2D eigenvalue weighted by atomic mass is 9.91. The average molecular weight is 420 g/mol. The molecule has 2 heterocycles. The number of alkyl halides is 5. The van der Waals surface area contributed by atoms with Crippen LogP contribution in [-0.2, 0) is 22.7 Å². The fourth-order valence-electron chi connectivity index (χ4n) is 3.15. The molecular formula is C17H13F5N2O3S. The zero-order valence-electron chi connectivity index (χ0n) is 14.1. The molecule has 1 fully saturated rings. The molecule has 0 amide bonds. The minimum atomic E-state index is -4.80. The molecule has 1 aliphatic heterocycles. The third-order valence-electron chi connectivity index (χ3n) is 4.57. The summed E-state index contributed by atoms with van der Waals surface area (Å²) >= 11 is 0. The number of ether oxygens (including phenoxy) is 1. The van der Waals surface area contributed by atoms with Crippen LogP contribution in [0.25, 0.3) is 0 Å². The molecule has 0 spiro atoms. The molecule has 2 aliphatic rings. The molecule has 1 saturated carbocycles. The predicted octanol–water partition coefficient (Wildman–Crippen LogP) is 3.99. The molecule has 4 rings (SSSR count). The van der Waals surface area contributed by atoms with E-state index >= 15 is 0 Å². The van der Waals surface area contributed by atoms with Gasteiger partial charge in [0, 0.05) is 18.9 Å². The largest absolute Gasteiger partial charge is 0.474 e. The van der Waals surface area contributed by atoms with E-state index in [0.29, 0.717) is 17.7 Å². The van der Waals surface area contributed by atoms with Crippen LogP contribution in [0.15, 0.2) is 41.3 Å². The smallest absolute Gasteiger partial charge is 0.416 e. The molecule has 0 bridgehead atoms. The van der Waals surface area contributed by atoms with E-state index in [1.54, 1.807) is 12.1 Å². The number of pyridine rings is 1. The van der Waals surface area contributed by atoms with Crippen LogP contribution >= 0.6 is 0 Å². The van der Waals surface area contributed by atoms with E-state index in [1.807, 2.05) is 0 Å². The maximum absolute atomic E-state index is 13.3. The van der Waals surface area contributed by atoms with Crippen molar-refractivity contribution in [2.75, 3.05) is 4.31 Å². The van der Waals surface area contributed by atoms with Crippen LogP contribution in [0.3, 0.4) is 0 Å². The molecular weight excluding hydrogens is 407 g/mol. The summed E-state index contributed by atoms with van der Waals surface area (Å²) in [5.74, 6) is -3.95. The van der Waals surface area contributed by atoms with Gasteiger partial charge in [-0.2, -0.15) is 18.2 Å². The summed E-state index contributed by atoms with van der Waals surface area (Å²) in [6.45, 7) is -0.187. The first-order valence-electron chi connectivity index (χ1n) is 8.20. The van der Waals surface area contributed by atoms with Crippen molar-refractivity contribution in [3.63, 3.8) is 0 Å². The van der Waals surface area contributed by atoms with Gasteiger partial charge in [0.25, 0.3) is 15.9 Å². The lowest BCUT2D eigenvalue weighted by Crippen LogP contribution is -2.43. The van der Waals surface area contributed by atoms with E-state index in [1.165, 1.54) is 12.1 Å². The first-order valence-corrected chi connectivity index (χ1v) is 9.64. The molecule has 0 saturated heterocycles. The maximum atomic E-state index is 13.3. The van der Waals surface area contributed by atoms with Crippen LogP contribution in [0.2, 0.25) is 0 Å². The number of halogens is 5. The number of anilines is 1. The zero-order chi connectivity index (χ0) is 20.3. The topological polar surface area (TPSA) is 59.5 Å². The van der Waals surface area contributed by atoms with Gasteiger partial charge in [-0.05, 0) is 17.7 Å². The Kier molecular flexibility index (Phi) is 4.07. The van der Waals surface area contributed by atoms with E-state index in [4.69, 9.17) is 4.74 Å². The van der Waals surface area contributed by atoms with Crippen molar-refractivity contribution in [2.24, 2.45) is 0 Å². The number of hydrogen-bond donors (Lipinski definition) is 0. The molecule has 0 radical (unpaired) electrons. The van der Waals surface area contributed by atoms with Gasteiger partial charge in [-0.25, -0.2) is 21.5 Å². The standard InChI is InChI=1S/C17H13F5N2O3S/c18-16(19)7-12(8-16)27-15-6-11(17(20,21)22)5-14(23-15)24-9-10-3-1-2-4-13(10)28(24,25)26/h1-6,12H,7-9H2. The highest BCUT2D eigenvalue weighted by Gasteiger charge is 2.47. The van der Waals surface area contributed by atoms with Gasteiger partial charge in [-0.3, -0.25) is 0 Å². The lowest BCUT2D eigenvalue weighted by Gasteiger charge is -2.34. The molecule has 2 aromatic rings. The third-order valence-corrected chi connectivity index (χ3v) is 6.42. The molecule has 1 aromatic heterocycles. The second-order valence-electron chi connectivity index (χ2n) is 6.67. The van der Waals surface area contributed by atoms with E-state index < -0.39 is 58.3 Å². The fraction of sp³-hybridized carbons (Fsp3) is 0.353. The number of aromatic nitrogens is 1. The van der Waals surface area contributed by atoms with Crippen LogP contribution in [0.5, 0.6) is 5.88 Å². The van der Waals surface area contributed by atoms with Crippen molar-refractivity contribution in [1.82, 2.24) is 4.98 Å². The van der Waals surface area contributed by atoms with E-state index in [9.17, 15) is 30.4 Å². The van der Waals surface area contributed by atoms with Gasteiger partial charge in [-0.1, -0.05) is 18.2 Å². The normalized spacial score (nSPS) is 20.5. The van der Waals surface area contributed by atoms with Crippen LogP contribution in [-0.4, -0.2) is 25.4 Å². The minimum absolute atomic E-state index is 0.0182. The highest BCUT2D eigenvalue weighted by Crippen LogP contribution is 2.42. The second kappa shape index (κ2) is 6.03. The average Bonchev–Trinajstić information content (AvgIpc) is 2.84. The molecule has 5 nitrogen and oxygen atoms in total. The number of sulfonamides is 1. The highest BCUT2D eigenvalue weighted by molar-refractivity contribution is 7.93. The Hall–Kier alpha value is -2.43. The highest BCUT2D eigenvalue weighted by atomic mass is 32.2. The van der Waals surface area contributed by atoms with Crippen LogP contribution in [0.4, 0.5) is 27.8 Å². The van der Waals surface area contributed by atoms with Gasteiger partial charge in [0.2, 0.25) is 5.88 Å². The summed E-state index contributed by atoms with van der Waals surface area (Å²) in [6, 6.07) is 7.20. The molecule has 0 N–H and O–H groups in total. The number of hydrogen-bond acceptors (Lipinski definition) is 4. The van der Waals surface area contributed by atoms with Crippen molar-refractivity contribution in [2.45, 2.75) is 42.5 Å². The Morgan fingerprint density at radius 2 is 1.82 bits per heavy atom. The van der Waals surface area contributed by atoms with Crippen LogP contribution < -0.4 is 9.04 Å². The Labute approximate surface area is 156 Å². The van der Waals surface area contributed by atoms with Gasteiger partial charge in [0.05, 0.1) is 17.0 Å². The van der Waals surface area contributed by atoms with Crippen LogP contribution in [0, 0.1) is 0 Å². The second-order valence-corrected chi connectivity index (χ2v) is 8.50. The van der Waals surface area contributed by atoms with E-state index in [-0.39, 0.29) is 11.4 Å². The quantitative estimate of drug-likeness (QED) is 0.705. The summed E-state index contributed by atoms with van der Waals surface area (Å²) in [6.07, 6.45) is -7.04. The van der Waals surface area contributed by atoms with Crippen molar-refractivity contribution in [3.8, 4) is 5.88 Å². The lowest BCUT2D eigenvalue weighted by molar-refractivity contribution is -0.140. The molecule has 1 aliphatic carbocycles. The number of fused-ring (bicyclic) bond motifs is 1. The monoisotopic (exact) mass is 420 g/mol. The van der Waals surface area contributed by atoms with Gasteiger partial charge >= 0.3 is 6.18 Å².